The Morgan fingerprint density at radius 2 is 1.04 bits per heavy atom. The number of hydrogen-bond acceptors (Lipinski definition) is 1. The molecule has 0 bridgehead atoms. The number of allylic oxidation sites excluding steroid dienone is 8. The highest BCUT2D eigenvalue weighted by atomic mass is 16.3. The number of hydrogen-bond donors (Lipinski definition) is 1. The Balaban J connectivity index is 4.20. The highest BCUT2D eigenvalue weighted by Gasteiger charge is 2.00. The molecule has 1 unspecified atom stereocenters. The van der Waals surface area contributed by atoms with Gasteiger partial charge in [0.05, 0.1) is 6.10 Å². The Morgan fingerprint density at radius 3 is 1.54 bits per heavy atom. The number of aliphatic hydroxyl groups excluding tert-OH is 1. The molecule has 0 aliphatic carbocycles. The largest absolute Gasteiger partial charge is 0.389 e. The average molecular weight is 359 g/mol. The van der Waals surface area contributed by atoms with Gasteiger partial charge < -0.3 is 5.11 Å². The van der Waals surface area contributed by atoms with Crippen molar-refractivity contribution in [2.45, 2.75) is 99.5 Å². The molecule has 0 saturated carbocycles. The maximum atomic E-state index is 10.2. The van der Waals surface area contributed by atoms with Crippen LogP contribution in [0, 0.1) is 0 Å². The fourth-order valence-corrected chi connectivity index (χ4v) is 2.73. The summed E-state index contributed by atoms with van der Waals surface area (Å²) in [6, 6.07) is 0. The third-order valence-corrected chi connectivity index (χ3v) is 4.40. The molecule has 0 saturated heterocycles. The normalized spacial score (nSPS) is 14.2. The standard InChI is InChI=1S/C25H42O/c1-20(2)11-8-13-22(5)15-10-16-24(7)19-25(26)18-17-23(6)14-9-12-21(3)4/h11-12,15,17,19,25-26H,8-10,13-14,16,18H2,1-7H3/b22-15?,23-17+,24-19?. The van der Waals surface area contributed by atoms with E-state index in [4.69, 9.17) is 0 Å². The van der Waals surface area contributed by atoms with Crippen molar-refractivity contribution in [3.05, 3.63) is 58.2 Å². The molecular formula is C25H42O. The predicted molar refractivity (Wildman–Crippen MR) is 118 cm³/mol. The summed E-state index contributed by atoms with van der Waals surface area (Å²) < 4.78 is 0. The van der Waals surface area contributed by atoms with E-state index >= 15 is 0 Å². The molecule has 0 spiro atoms. The lowest BCUT2D eigenvalue weighted by Gasteiger charge is -2.07. The van der Waals surface area contributed by atoms with Gasteiger partial charge in [0.2, 0.25) is 0 Å². The van der Waals surface area contributed by atoms with Gasteiger partial charge in [-0.25, -0.2) is 0 Å². The van der Waals surface area contributed by atoms with Crippen LogP contribution >= 0.6 is 0 Å². The topological polar surface area (TPSA) is 20.2 Å². The van der Waals surface area contributed by atoms with Gasteiger partial charge in [-0.05, 0) is 93.4 Å². The van der Waals surface area contributed by atoms with E-state index in [1.165, 1.54) is 27.9 Å². The lowest BCUT2D eigenvalue weighted by atomic mass is 10.0. The summed E-state index contributed by atoms with van der Waals surface area (Å²) in [5.41, 5.74) is 6.87. The van der Waals surface area contributed by atoms with Gasteiger partial charge in [-0.15, -0.1) is 0 Å². The van der Waals surface area contributed by atoms with Gasteiger partial charge in [-0.1, -0.05) is 58.2 Å². The first-order chi connectivity index (χ1) is 12.2. The molecule has 1 heteroatoms. The average Bonchev–Trinajstić information content (AvgIpc) is 2.52. The zero-order valence-electron chi connectivity index (χ0n) is 18.4. The maximum Gasteiger partial charge on any atom is 0.0757 e. The van der Waals surface area contributed by atoms with Gasteiger partial charge in [0.15, 0.2) is 0 Å². The first-order valence-corrected chi connectivity index (χ1v) is 10.1. The summed E-state index contributed by atoms with van der Waals surface area (Å²) in [5.74, 6) is 0. The lowest BCUT2D eigenvalue weighted by Crippen LogP contribution is -2.01. The van der Waals surface area contributed by atoms with E-state index in [1.807, 2.05) is 6.08 Å². The van der Waals surface area contributed by atoms with Crippen molar-refractivity contribution in [1.82, 2.24) is 0 Å². The summed E-state index contributed by atoms with van der Waals surface area (Å²) >= 11 is 0. The monoisotopic (exact) mass is 358 g/mol. The van der Waals surface area contributed by atoms with E-state index in [0.29, 0.717) is 0 Å². The van der Waals surface area contributed by atoms with Crippen molar-refractivity contribution >= 4 is 0 Å². The van der Waals surface area contributed by atoms with Crippen LogP contribution in [-0.2, 0) is 0 Å². The molecule has 148 valence electrons. The van der Waals surface area contributed by atoms with Gasteiger partial charge in [-0.3, -0.25) is 0 Å². The highest BCUT2D eigenvalue weighted by molar-refractivity contribution is 5.09. The van der Waals surface area contributed by atoms with Crippen LogP contribution in [0.2, 0.25) is 0 Å². The minimum absolute atomic E-state index is 0.365. The first-order valence-electron chi connectivity index (χ1n) is 10.1. The highest BCUT2D eigenvalue weighted by Crippen LogP contribution is 2.14. The second kappa shape index (κ2) is 14.8. The van der Waals surface area contributed by atoms with Crippen LogP contribution in [0.3, 0.4) is 0 Å². The molecule has 0 fully saturated rings. The van der Waals surface area contributed by atoms with E-state index in [1.54, 1.807) is 0 Å². The lowest BCUT2D eigenvalue weighted by molar-refractivity contribution is 0.225. The van der Waals surface area contributed by atoms with Crippen LogP contribution in [0.4, 0.5) is 0 Å². The summed E-state index contributed by atoms with van der Waals surface area (Å²) in [6.07, 6.45) is 18.0. The second-order valence-corrected chi connectivity index (χ2v) is 8.10. The van der Waals surface area contributed by atoms with Crippen molar-refractivity contribution < 1.29 is 5.11 Å². The van der Waals surface area contributed by atoms with Crippen molar-refractivity contribution in [2.75, 3.05) is 0 Å². The van der Waals surface area contributed by atoms with Crippen LogP contribution in [0.15, 0.2) is 58.2 Å². The molecular weight excluding hydrogens is 316 g/mol. The van der Waals surface area contributed by atoms with Crippen molar-refractivity contribution in [2.24, 2.45) is 0 Å². The minimum Gasteiger partial charge on any atom is -0.389 e. The fourth-order valence-electron chi connectivity index (χ4n) is 2.73. The van der Waals surface area contributed by atoms with E-state index in [9.17, 15) is 5.11 Å². The first kappa shape index (κ1) is 24.7. The number of rotatable bonds is 12. The van der Waals surface area contributed by atoms with Crippen LogP contribution in [0.1, 0.15) is 93.4 Å². The Morgan fingerprint density at radius 1 is 0.615 bits per heavy atom. The Hall–Kier alpha value is -1.34. The third kappa shape index (κ3) is 16.1. The summed E-state index contributed by atoms with van der Waals surface area (Å²) in [7, 11) is 0. The Labute approximate surface area is 163 Å². The van der Waals surface area contributed by atoms with E-state index in [2.05, 4.69) is 72.8 Å². The smallest absolute Gasteiger partial charge is 0.0757 e. The SMILES string of the molecule is CC(C)=CCCC(C)=CCCC(C)=CC(O)C/C=C(\C)CCC=C(C)C. The van der Waals surface area contributed by atoms with Gasteiger partial charge in [0, 0.05) is 0 Å². The molecule has 0 aromatic heterocycles. The van der Waals surface area contributed by atoms with Crippen molar-refractivity contribution in [1.29, 1.82) is 0 Å². The predicted octanol–water partition coefficient (Wildman–Crippen LogP) is 7.85. The van der Waals surface area contributed by atoms with Crippen LogP contribution < -0.4 is 0 Å². The van der Waals surface area contributed by atoms with E-state index < -0.39 is 0 Å². The molecule has 26 heavy (non-hydrogen) atoms. The quantitative estimate of drug-likeness (QED) is 0.352. The minimum atomic E-state index is -0.365. The summed E-state index contributed by atoms with van der Waals surface area (Å²) in [5, 5.41) is 10.2. The molecule has 0 aromatic rings. The molecule has 0 aromatic carbocycles. The molecule has 1 N–H and O–H groups in total. The second-order valence-electron chi connectivity index (χ2n) is 8.10. The molecule has 0 aliphatic rings. The fraction of sp³-hybridized carbons (Fsp3) is 0.600. The molecule has 0 rings (SSSR count). The van der Waals surface area contributed by atoms with Gasteiger partial charge in [0.25, 0.3) is 0 Å². The molecule has 1 nitrogen and oxygen atoms in total. The van der Waals surface area contributed by atoms with Crippen LogP contribution in [0.25, 0.3) is 0 Å². The van der Waals surface area contributed by atoms with E-state index in [0.717, 1.165) is 44.9 Å². The zero-order valence-corrected chi connectivity index (χ0v) is 18.4. The summed E-state index contributed by atoms with van der Waals surface area (Å²) in [4.78, 5) is 0. The van der Waals surface area contributed by atoms with Crippen LogP contribution in [0.5, 0.6) is 0 Å². The maximum absolute atomic E-state index is 10.2. The van der Waals surface area contributed by atoms with Gasteiger partial charge in [-0.2, -0.15) is 0 Å². The Kier molecular flexibility index (Phi) is 14.0. The molecule has 0 amide bonds. The van der Waals surface area contributed by atoms with Gasteiger partial charge >= 0.3 is 0 Å². The molecule has 0 radical (unpaired) electrons. The zero-order chi connectivity index (χ0) is 19.9. The number of aliphatic hydroxyl groups is 1. The molecule has 0 aliphatic heterocycles. The Bertz CT molecular complexity index is 533. The molecule has 0 heterocycles. The molecule has 1 atom stereocenters. The third-order valence-electron chi connectivity index (χ3n) is 4.40. The van der Waals surface area contributed by atoms with Crippen molar-refractivity contribution in [3.8, 4) is 0 Å². The van der Waals surface area contributed by atoms with E-state index in [-0.39, 0.29) is 6.10 Å². The van der Waals surface area contributed by atoms with Crippen molar-refractivity contribution in [3.63, 3.8) is 0 Å². The summed E-state index contributed by atoms with van der Waals surface area (Å²) in [6.45, 7) is 15.1. The van der Waals surface area contributed by atoms with Gasteiger partial charge in [0.1, 0.15) is 0 Å². The van der Waals surface area contributed by atoms with Crippen LogP contribution in [-0.4, -0.2) is 11.2 Å².